The number of amides is 1. The molecule has 2 heterocycles. The van der Waals surface area contributed by atoms with Gasteiger partial charge in [-0.05, 0) is 37.3 Å². The number of anilines is 1. The molecule has 28 heavy (non-hydrogen) atoms. The maximum absolute atomic E-state index is 12.5. The van der Waals surface area contributed by atoms with Gasteiger partial charge < -0.3 is 19.2 Å². The van der Waals surface area contributed by atoms with Gasteiger partial charge in [0.25, 0.3) is 5.91 Å². The van der Waals surface area contributed by atoms with E-state index < -0.39 is 11.9 Å². The van der Waals surface area contributed by atoms with Crippen molar-refractivity contribution in [3.63, 3.8) is 0 Å². The van der Waals surface area contributed by atoms with E-state index in [4.69, 9.17) is 30.8 Å². The largest absolute Gasteiger partial charge is 0.490 e. The van der Waals surface area contributed by atoms with Crippen LogP contribution in [0.1, 0.15) is 32.7 Å². The molecule has 0 saturated carbocycles. The van der Waals surface area contributed by atoms with Gasteiger partial charge in [-0.2, -0.15) is 5.26 Å². The van der Waals surface area contributed by atoms with Crippen molar-refractivity contribution >= 4 is 39.8 Å². The highest BCUT2D eigenvalue weighted by Gasteiger charge is 2.20. The third-order valence-corrected chi connectivity index (χ3v) is 4.68. The number of hydrogen-bond donors (Lipinski definition) is 1. The average molecular weight is 417 g/mol. The monoisotopic (exact) mass is 416 g/mol. The predicted molar refractivity (Wildman–Crippen MR) is 103 cm³/mol. The van der Waals surface area contributed by atoms with Crippen molar-refractivity contribution in [1.82, 2.24) is 0 Å². The van der Waals surface area contributed by atoms with E-state index in [1.165, 1.54) is 30.5 Å². The highest BCUT2D eigenvalue weighted by molar-refractivity contribution is 7.18. The van der Waals surface area contributed by atoms with Crippen LogP contribution in [0.2, 0.25) is 5.02 Å². The first kappa shape index (κ1) is 19.5. The van der Waals surface area contributed by atoms with Crippen LogP contribution in [0.25, 0.3) is 0 Å². The number of nitrogens with zero attached hydrogens (tertiary/aromatic N) is 1. The first-order valence-electron chi connectivity index (χ1n) is 8.05. The minimum absolute atomic E-state index is 0.0297. The lowest BCUT2D eigenvalue weighted by atomic mass is 10.2. The average Bonchev–Trinajstić information content (AvgIpc) is 3.36. The van der Waals surface area contributed by atoms with Gasteiger partial charge in [0.05, 0.1) is 34.5 Å². The summed E-state index contributed by atoms with van der Waals surface area (Å²) in [4.78, 5) is 24.7. The molecule has 1 amide bonds. The molecule has 0 fully saturated rings. The van der Waals surface area contributed by atoms with E-state index in [2.05, 4.69) is 5.32 Å². The summed E-state index contributed by atoms with van der Waals surface area (Å²) in [6.45, 7) is 2.06. The fraction of sp³-hybridized carbons (Fsp3) is 0.105. The van der Waals surface area contributed by atoms with Crippen LogP contribution in [0.15, 0.2) is 47.1 Å². The summed E-state index contributed by atoms with van der Waals surface area (Å²) in [6.07, 6.45) is 1.39. The summed E-state index contributed by atoms with van der Waals surface area (Å²) in [5, 5.41) is 12.2. The zero-order valence-corrected chi connectivity index (χ0v) is 16.1. The number of hydrogen-bond acceptors (Lipinski definition) is 7. The Morgan fingerprint density at radius 1 is 1.32 bits per heavy atom. The summed E-state index contributed by atoms with van der Waals surface area (Å²) >= 11 is 7.17. The number of carbonyl (C=O) groups excluding carboxylic acids is 2. The molecule has 1 aromatic carbocycles. The van der Waals surface area contributed by atoms with E-state index in [9.17, 15) is 9.59 Å². The highest BCUT2D eigenvalue weighted by Crippen LogP contribution is 2.37. The number of halogens is 1. The molecule has 0 saturated heterocycles. The van der Waals surface area contributed by atoms with E-state index in [0.29, 0.717) is 11.6 Å². The number of carbonyl (C=O) groups is 2. The van der Waals surface area contributed by atoms with Crippen molar-refractivity contribution in [3.05, 3.63) is 63.9 Å². The van der Waals surface area contributed by atoms with Gasteiger partial charge >= 0.3 is 5.97 Å². The Hall–Kier alpha value is -3.28. The lowest BCUT2D eigenvalue weighted by molar-refractivity contribution is 0.0733. The van der Waals surface area contributed by atoms with Gasteiger partial charge in [-0.3, -0.25) is 4.79 Å². The summed E-state index contributed by atoms with van der Waals surface area (Å²) in [5.41, 5.74) is 0.285. The van der Waals surface area contributed by atoms with E-state index >= 15 is 0 Å². The lowest BCUT2D eigenvalue weighted by Crippen LogP contribution is -2.10. The van der Waals surface area contributed by atoms with E-state index in [-0.39, 0.29) is 32.7 Å². The van der Waals surface area contributed by atoms with Crippen molar-refractivity contribution in [2.24, 2.45) is 0 Å². The molecule has 7 nitrogen and oxygen atoms in total. The van der Waals surface area contributed by atoms with E-state index in [0.717, 1.165) is 11.3 Å². The minimum atomic E-state index is -0.670. The SMILES string of the molecule is CCOc1cc(C#N)cc(Cl)c1OC(=O)c1ccc(NC(=O)c2ccco2)s1. The summed E-state index contributed by atoms with van der Waals surface area (Å²) in [7, 11) is 0. The van der Waals surface area contributed by atoms with E-state index in [1.807, 2.05) is 6.07 Å². The van der Waals surface area contributed by atoms with Gasteiger partial charge in [0.2, 0.25) is 0 Å². The van der Waals surface area contributed by atoms with Crippen molar-refractivity contribution in [1.29, 1.82) is 5.26 Å². The molecular weight excluding hydrogens is 404 g/mol. The number of furan rings is 1. The van der Waals surface area contributed by atoms with Gasteiger partial charge in [-0.15, -0.1) is 11.3 Å². The van der Waals surface area contributed by atoms with Crippen molar-refractivity contribution in [3.8, 4) is 17.6 Å². The second-order valence-corrected chi connectivity index (χ2v) is 6.81. The zero-order valence-electron chi connectivity index (χ0n) is 14.5. The molecule has 0 aliphatic rings. The van der Waals surface area contributed by atoms with Gasteiger partial charge in [0, 0.05) is 6.07 Å². The quantitative estimate of drug-likeness (QED) is 0.460. The second-order valence-electron chi connectivity index (χ2n) is 5.31. The van der Waals surface area contributed by atoms with E-state index in [1.54, 1.807) is 19.1 Å². The van der Waals surface area contributed by atoms with Crippen LogP contribution in [-0.2, 0) is 0 Å². The molecule has 0 bridgehead atoms. The number of nitriles is 1. The fourth-order valence-electron chi connectivity index (χ4n) is 2.23. The highest BCUT2D eigenvalue weighted by atomic mass is 35.5. The molecular formula is C19H13ClN2O5S. The maximum Gasteiger partial charge on any atom is 0.353 e. The van der Waals surface area contributed by atoms with Crippen LogP contribution in [0.5, 0.6) is 11.5 Å². The molecule has 0 atom stereocenters. The van der Waals surface area contributed by atoms with Crippen molar-refractivity contribution in [2.45, 2.75) is 6.92 Å². The maximum atomic E-state index is 12.5. The topological polar surface area (TPSA) is 102 Å². The Labute approximate surface area is 169 Å². The number of rotatable bonds is 6. The molecule has 0 unspecified atom stereocenters. The zero-order chi connectivity index (χ0) is 20.1. The molecule has 0 spiro atoms. The molecule has 2 aromatic heterocycles. The molecule has 1 N–H and O–H groups in total. The summed E-state index contributed by atoms with van der Waals surface area (Å²) in [6, 6.07) is 11.0. The number of nitrogens with one attached hydrogen (secondary N) is 1. The molecule has 0 aliphatic carbocycles. The van der Waals surface area contributed by atoms with Crippen molar-refractivity contribution < 1.29 is 23.5 Å². The van der Waals surface area contributed by atoms with Crippen LogP contribution in [0.4, 0.5) is 5.00 Å². The normalized spacial score (nSPS) is 10.2. The Morgan fingerprint density at radius 2 is 2.14 bits per heavy atom. The smallest absolute Gasteiger partial charge is 0.353 e. The van der Waals surface area contributed by atoms with Gasteiger partial charge in [0.1, 0.15) is 4.88 Å². The number of thiophene rings is 1. The van der Waals surface area contributed by atoms with Crippen LogP contribution in [0.3, 0.4) is 0 Å². The third kappa shape index (κ3) is 4.34. The van der Waals surface area contributed by atoms with Crippen LogP contribution in [-0.4, -0.2) is 18.5 Å². The first-order chi connectivity index (χ1) is 13.5. The predicted octanol–water partition coefficient (Wildman–Crippen LogP) is 4.74. The van der Waals surface area contributed by atoms with Crippen LogP contribution < -0.4 is 14.8 Å². The lowest BCUT2D eigenvalue weighted by Gasteiger charge is -2.12. The first-order valence-corrected chi connectivity index (χ1v) is 9.24. The number of esters is 1. The van der Waals surface area contributed by atoms with Gasteiger partial charge in [-0.1, -0.05) is 11.6 Å². The Morgan fingerprint density at radius 3 is 2.82 bits per heavy atom. The molecule has 9 heteroatoms. The molecule has 142 valence electrons. The summed E-state index contributed by atoms with van der Waals surface area (Å²) < 4.78 is 15.8. The Kier molecular flexibility index (Phi) is 5.99. The van der Waals surface area contributed by atoms with Crippen LogP contribution in [0, 0.1) is 11.3 Å². The molecule has 0 aliphatic heterocycles. The molecule has 3 aromatic rings. The van der Waals surface area contributed by atoms with Crippen LogP contribution >= 0.6 is 22.9 Å². The standard InChI is InChI=1S/C19H13ClN2O5S/c1-2-25-14-9-11(10-21)8-12(20)17(14)27-19(24)15-5-6-16(28-15)22-18(23)13-4-3-7-26-13/h3-9H,2H2,1H3,(H,22,23). The second kappa shape index (κ2) is 8.61. The third-order valence-electron chi connectivity index (χ3n) is 3.42. The van der Waals surface area contributed by atoms with Gasteiger partial charge in [-0.25, -0.2) is 4.79 Å². The van der Waals surface area contributed by atoms with Gasteiger partial charge in [0.15, 0.2) is 17.3 Å². The number of ether oxygens (including phenoxy) is 2. The summed E-state index contributed by atoms with van der Waals surface area (Å²) in [5.74, 6) is -0.718. The Bertz CT molecular complexity index is 1050. The molecule has 0 radical (unpaired) electrons. The Balaban J connectivity index is 1.76. The minimum Gasteiger partial charge on any atom is -0.490 e. The van der Waals surface area contributed by atoms with Crippen molar-refractivity contribution in [2.75, 3.05) is 11.9 Å². The fourth-order valence-corrected chi connectivity index (χ4v) is 3.26. The molecule has 3 rings (SSSR count). The number of benzene rings is 1.